The molecule has 0 saturated carbocycles. The highest BCUT2D eigenvalue weighted by Gasteiger charge is 2.05. The lowest BCUT2D eigenvalue weighted by Crippen LogP contribution is -1.89. The lowest BCUT2D eigenvalue weighted by molar-refractivity contribution is 1.34. The maximum absolute atomic E-state index is 6.00. The molecular weight excluding hydrogens is 264 g/mol. The molecule has 1 heterocycles. The van der Waals surface area contributed by atoms with Gasteiger partial charge in [0.2, 0.25) is 0 Å². The van der Waals surface area contributed by atoms with E-state index in [0.29, 0.717) is 0 Å². The van der Waals surface area contributed by atoms with Crippen molar-refractivity contribution in [3.63, 3.8) is 0 Å². The number of nitrogens with two attached hydrogens (primary N) is 1. The first-order valence-electron chi connectivity index (χ1n) is 6.54. The Hall–Kier alpha value is -2.00. The minimum atomic E-state index is 0.785. The van der Waals surface area contributed by atoms with Gasteiger partial charge in [-0.1, -0.05) is 29.8 Å². The molecule has 3 aromatic rings. The third-order valence-electron chi connectivity index (χ3n) is 3.29. The summed E-state index contributed by atoms with van der Waals surface area (Å²) >= 11 is 1.84. The van der Waals surface area contributed by atoms with Gasteiger partial charge in [0.15, 0.2) is 0 Å². The molecule has 100 valence electrons. The summed E-state index contributed by atoms with van der Waals surface area (Å²) in [6.07, 6.45) is 3.65. The van der Waals surface area contributed by atoms with E-state index in [4.69, 9.17) is 5.73 Å². The average Bonchev–Trinajstić information content (AvgIpc) is 2.47. The van der Waals surface area contributed by atoms with E-state index in [0.717, 1.165) is 16.8 Å². The standard InChI is InChI=1S/C17H16N2S/c1-12-3-2-4-13(9-12)11-20-17-6-5-16(18)15-10-19-8-7-14(15)17/h2-10H,11,18H2,1H3. The molecule has 2 nitrogen and oxygen atoms in total. The zero-order valence-electron chi connectivity index (χ0n) is 11.3. The molecule has 0 bridgehead atoms. The van der Waals surface area contributed by atoms with E-state index in [1.165, 1.54) is 21.4 Å². The SMILES string of the molecule is Cc1cccc(CSc2ccc(N)c3cnccc23)c1. The number of thioether (sulfide) groups is 1. The number of fused-ring (bicyclic) bond motifs is 1. The number of benzene rings is 2. The topological polar surface area (TPSA) is 38.9 Å². The molecule has 0 radical (unpaired) electrons. The van der Waals surface area contributed by atoms with Crippen molar-refractivity contribution in [2.24, 2.45) is 0 Å². The molecule has 0 aliphatic heterocycles. The van der Waals surface area contributed by atoms with Gasteiger partial charge < -0.3 is 5.73 Å². The van der Waals surface area contributed by atoms with Crippen LogP contribution in [0.3, 0.4) is 0 Å². The minimum absolute atomic E-state index is 0.785. The van der Waals surface area contributed by atoms with Crippen LogP contribution in [0.15, 0.2) is 59.8 Å². The predicted molar refractivity (Wildman–Crippen MR) is 86.9 cm³/mol. The summed E-state index contributed by atoms with van der Waals surface area (Å²) < 4.78 is 0. The van der Waals surface area contributed by atoms with Gasteiger partial charge in [0, 0.05) is 39.5 Å². The van der Waals surface area contributed by atoms with Gasteiger partial charge in [-0.2, -0.15) is 0 Å². The van der Waals surface area contributed by atoms with Gasteiger partial charge >= 0.3 is 0 Å². The van der Waals surface area contributed by atoms with Crippen LogP contribution in [-0.4, -0.2) is 4.98 Å². The van der Waals surface area contributed by atoms with Gasteiger partial charge in [0.25, 0.3) is 0 Å². The number of rotatable bonds is 3. The zero-order valence-corrected chi connectivity index (χ0v) is 12.2. The maximum atomic E-state index is 6.00. The van der Waals surface area contributed by atoms with Crippen LogP contribution in [0.2, 0.25) is 0 Å². The molecule has 0 unspecified atom stereocenters. The van der Waals surface area contributed by atoms with E-state index in [1.54, 1.807) is 0 Å². The molecule has 2 N–H and O–H groups in total. The first-order chi connectivity index (χ1) is 9.74. The number of hydrogen-bond acceptors (Lipinski definition) is 3. The zero-order chi connectivity index (χ0) is 13.9. The summed E-state index contributed by atoms with van der Waals surface area (Å²) in [6, 6.07) is 14.7. The van der Waals surface area contributed by atoms with Gasteiger partial charge in [-0.15, -0.1) is 11.8 Å². The van der Waals surface area contributed by atoms with Crippen LogP contribution in [0.25, 0.3) is 10.8 Å². The molecule has 0 fully saturated rings. The highest BCUT2D eigenvalue weighted by Crippen LogP contribution is 2.32. The Morgan fingerprint density at radius 2 is 2.00 bits per heavy atom. The van der Waals surface area contributed by atoms with Crippen LogP contribution in [0, 0.1) is 6.92 Å². The number of nitrogen functional groups attached to an aromatic ring is 1. The van der Waals surface area contributed by atoms with Crippen LogP contribution >= 0.6 is 11.8 Å². The van der Waals surface area contributed by atoms with Crippen molar-refractivity contribution < 1.29 is 0 Å². The van der Waals surface area contributed by atoms with Gasteiger partial charge in [-0.25, -0.2) is 0 Å². The fourth-order valence-electron chi connectivity index (χ4n) is 2.27. The summed E-state index contributed by atoms with van der Waals surface area (Å²) in [5.41, 5.74) is 9.43. The van der Waals surface area contributed by atoms with Crippen molar-refractivity contribution in [1.82, 2.24) is 4.98 Å². The average molecular weight is 280 g/mol. The van der Waals surface area contributed by atoms with Crippen LogP contribution in [0.5, 0.6) is 0 Å². The van der Waals surface area contributed by atoms with Crippen LogP contribution in [0.1, 0.15) is 11.1 Å². The first kappa shape index (κ1) is 13.0. The number of anilines is 1. The lowest BCUT2D eigenvalue weighted by Gasteiger charge is -2.08. The van der Waals surface area contributed by atoms with Crippen molar-refractivity contribution in [2.75, 3.05) is 5.73 Å². The van der Waals surface area contributed by atoms with E-state index >= 15 is 0 Å². The second-order valence-corrected chi connectivity index (χ2v) is 5.87. The lowest BCUT2D eigenvalue weighted by atomic mass is 10.1. The first-order valence-corrected chi connectivity index (χ1v) is 7.53. The van der Waals surface area contributed by atoms with Gasteiger partial charge in [0.05, 0.1) is 0 Å². The summed E-state index contributed by atoms with van der Waals surface area (Å²) in [6.45, 7) is 2.12. The van der Waals surface area contributed by atoms with Crippen molar-refractivity contribution in [2.45, 2.75) is 17.6 Å². The van der Waals surface area contributed by atoms with Gasteiger partial charge in [0.1, 0.15) is 0 Å². The molecular formula is C17H16N2S. The molecule has 3 rings (SSSR count). The van der Waals surface area contributed by atoms with E-state index in [1.807, 2.05) is 36.3 Å². The molecule has 0 aliphatic rings. The Balaban J connectivity index is 1.90. The number of aromatic nitrogens is 1. The quantitative estimate of drug-likeness (QED) is 0.570. The van der Waals surface area contributed by atoms with Crippen molar-refractivity contribution >= 4 is 28.2 Å². The summed E-state index contributed by atoms with van der Waals surface area (Å²) in [5, 5.41) is 2.21. The van der Waals surface area contributed by atoms with Crippen LogP contribution in [0.4, 0.5) is 5.69 Å². The highest BCUT2D eigenvalue weighted by molar-refractivity contribution is 7.98. The molecule has 1 aromatic heterocycles. The van der Waals surface area contributed by atoms with Crippen LogP contribution in [-0.2, 0) is 5.75 Å². The smallest absolute Gasteiger partial charge is 0.0410 e. The molecule has 2 aromatic carbocycles. The van der Waals surface area contributed by atoms with E-state index < -0.39 is 0 Å². The maximum Gasteiger partial charge on any atom is 0.0410 e. The van der Waals surface area contributed by atoms with Gasteiger partial charge in [-0.3, -0.25) is 4.98 Å². The second kappa shape index (κ2) is 5.55. The van der Waals surface area contributed by atoms with E-state index in [-0.39, 0.29) is 0 Å². The van der Waals surface area contributed by atoms with E-state index in [2.05, 4.69) is 42.2 Å². The Labute approximate surface area is 123 Å². The molecule has 0 spiro atoms. The Morgan fingerprint density at radius 1 is 1.10 bits per heavy atom. The molecule has 20 heavy (non-hydrogen) atoms. The summed E-state index contributed by atoms with van der Waals surface area (Å²) in [5.74, 6) is 0.961. The third kappa shape index (κ3) is 2.63. The Morgan fingerprint density at radius 3 is 2.85 bits per heavy atom. The number of hydrogen-bond donors (Lipinski definition) is 1. The van der Waals surface area contributed by atoms with Crippen molar-refractivity contribution in [3.8, 4) is 0 Å². The molecule has 0 aliphatic carbocycles. The molecule has 0 atom stereocenters. The molecule has 0 saturated heterocycles. The largest absolute Gasteiger partial charge is 0.398 e. The van der Waals surface area contributed by atoms with Gasteiger partial charge in [-0.05, 0) is 30.7 Å². The number of pyridine rings is 1. The summed E-state index contributed by atoms with van der Waals surface area (Å²) in [4.78, 5) is 5.40. The normalized spacial score (nSPS) is 10.8. The predicted octanol–water partition coefficient (Wildman–Crippen LogP) is 4.42. The second-order valence-electron chi connectivity index (χ2n) is 4.85. The number of nitrogens with zero attached hydrogens (tertiary/aromatic N) is 1. The Bertz CT molecular complexity index is 753. The van der Waals surface area contributed by atoms with Crippen LogP contribution < -0.4 is 5.73 Å². The van der Waals surface area contributed by atoms with Crippen molar-refractivity contribution in [3.05, 3.63) is 66.0 Å². The van der Waals surface area contributed by atoms with Crippen molar-refractivity contribution in [1.29, 1.82) is 0 Å². The molecule has 3 heteroatoms. The van der Waals surface area contributed by atoms with E-state index in [9.17, 15) is 0 Å². The highest BCUT2D eigenvalue weighted by atomic mass is 32.2. The summed E-state index contributed by atoms with van der Waals surface area (Å²) in [7, 11) is 0. The minimum Gasteiger partial charge on any atom is -0.398 e. The molecule has 0 amide bonds. The number of aryl methyl sites for hydroxylation is 1. The fourth-order valence-corrected chi connectivity index (χ4v) is 3.27. The third-order valence-corrected chi connectivity index (χ3v) is 4.43. The fraction of sp³-hybridized carbons (Fsp3) is 0.118. The monoisotopic (exact) mass is 280 g/mol. The Kier molecular flexibility index (Phi) is 3.61.